The van der Waals surface area contributed by atoms with Crippen LogP contribution in [-0.4, -0.2) is 17.6 Å². The molecule has 1 saturated heterocycles. The van der Waals surface area contributed by atoms with Gasteiger partial charge in [-0.3, -0.25) is 15.0 Å². The zero-order valence-electron chi connectivity index (χ0n) is 13.5. The molecule has 0 radical (unpaired) electrons. The number of hydrogen-bond acceptors (Lipinski definition) is 3. The summed E-state index contributed by atoms with van der Waals surface area (Å²) in [5.74, 6) is 0.379. The summed E-state index contributed by atoms with van der Waals surface area (Å²) in [5, 5.41) is 4.23. The number of hydrazine groups is 1. The predicted octanol–water partition coefficient (Wildman–Crippen LogP) is 2.92. The number of aliphatic imine (C=N–C) groups is 1. The van der Waals surface area contributed by atoms with Crippen molar-refractivity contribution in [3.05, 3.63) is 54.1 Å². The van der Waals surface area contributed by atoms with Crippen LogP contribution in [0.25, 0.3) is 0 Å². The zero-order chi connectivity index (χ0) is 17.1. The SMILES string of the molecule is CC(=O)Nc1ccc(C)c(N=C2CC(=O)N(c3ccccc3)N2)c1. The minimum atomic E-state index is -0.137. The van der Waals surface area contributed by atoms with Gasteiger partial charge in [0.1, 0.15) is 5.84 Å². The Morgan fingerprint density at radius 2 is 1.96 bits per heavy atom. The van der Waals surface area contributed by atoms with Crippen molar-refractivity contribution in [1.29, 1.82) is 0 Å². The van der Waals surface area contributed by atoms with E-state index in [-0.39, 0.29) is 18.2 Å². The second-order valence-corrected chi connectivity index (χ2v) is 5.59. The van der Waals surface area contributed by atoms with Gasteiger partial charge in [-0.1, -0.05) is 24.3 Å². The molecule has 0 atom stereocenters. The highest BCUT2D eigenvalue weighted by atomic mass is 16.2. The lowest BCUT2D eigenvalue weighted by Gasteiger charge is -2.15. The van der Waals surface area contributed by atoms with Gasteiger partial charge in [0.2, 0.25) is 5.91 Å². The van der Waals surface area contributed by atoms with E-state index < -0.39 is 0 Å². The fraction of sp³-hybridized carbons (Fsp3) is 0.167. The number of benzene rings is 2. The molecule has 1 aliphatic rings. The Labute approximate surface area is 140 Å². The van der Waals surface area contributed by atoms with Gasteiger partial charge in [0.05, 0.1) is 17.8 Å². The molecule has 0 spiro atoms. The standard InChI is InChI=1S/C18H18N4O2/c1-12-8-9-14(19-13(2)23)10-16(12)20-17-11-18(24)22(21-17)15-6-4-3-5-7-15/h3-10H,11H2,1-2H3,(H,19,23)(H,20,21). The van der Waals surface area contributed by atoms with E-state index in [4.69, 9.17) is 0 Å². The average molecular weight is 322 g/mol. The molecule has 2 N–H and O–H groups in total. The predicted molar refractivity (Wildman–Crippen MR) is 94.3 cm³/mol. The first-order valence-electron chi connectivity index (χ1n) is 7.63. The van der Waals surface area contributed by atoms with Crippen molar-refractivity contribution >= 4 is 34.7 Å². The fourth-order valence-corrected chi connectivity index (χ4v) is 2.46. The Morgan fingerprint density at radius 1 is 1.21 bits per heavy atom. The number of anilines is 2. The highest BCUT2D eigenvalue weighted by Gasteiger charge is 2.26. The summed E-state index contributed by atoms with van der Waals surface area (Å²) in [5.41, 5.74) is 6.17. The maximum atomic E-state index is 12.2. The van der Waals surface area contributed by atoms with Crippen LogP contribution in [0.5, 0.6) is 0 Å². The Balaban J connectivity index is 1.85. The summed E-state index contributed by atoms with van der Waals surface area (Å²) in [4.78, 5) is 27.9. The number of nitrogens with one attached hydrogen (secondary N) is 2. The molecule has 6 nitrogen and oxygen atoms in total. The zero-order valence-corrected chi connectivity index (χ0v) is 13.5. The van der Waals surface area contributed by atoms with E-state index in [9.17, 15) is 9.59 Å². The van der Waals surface area contributed by atoms with E-state index in [0.717, 1.165) is 11.3 Å². The molecule has 24 heavy (non-hydrogen) atoms. The minimum absolute atomic E-state index is 0.0596. The van der Waals surface area contributed by atoms with Crippen molar-refractivity contribution in [3.63, 3.8) is 0 Å². The van der Waals surface area contributed by atoms with E-state index in [1.54, 1.807) is 6.07 Å². The van der Waals surface area contributed by atoms with Crippen molar-refractivity contribution in [3.8, 4) is 0 Å². The number of para-hydroxylation sites is 1. The first-order valence-corrected chi connectivity index (χ1v) is 7.63. The molecule has 0 bridgehead atoms. The van der Waals surface area contributed by atoms with Gasteiger partial charge >= 0.3 is 0 Å². The van der Waals surface area contributed by atoms with Crippen LogP contribution in [-0.2, 0) is 9.59 Å². The molecule has 1 aliphatic heterocycles. The third-order valence-electron chi connectivity index (χ3n) is 3.61. The van der Waals surface area contributed by atoms with Gasteiger partial charge in [0.15, 0.2) is 0 Å². The fourth-order valence-electron chi connectivity index (χ4n) is 2.46. The van der Waals surface area contributed by atoms with Crippen LogP contribution in [0.15, 0.2) is 53.5 Å². The molecular formula is C18H18N4O2. The van der Waals surface area contributed by atoms with Crippen molar-refractivity contribution in [1.82, 2.24) is 5.43 Å². The molecule has 2 aromatic rings. The normalized spacial score (nSPS) is 15.5. The lowest BCUT2D eigenvalue weighted by atomic mass is 10.2. The molecule has 2 amide bonds. The van der Waals surface area contributed by atoms with Gasteiger partial charge in [-0.05, 0) is 36.8 Å². The Hall–Kier alpha value is -3.15. The molecule has 3 rings (SSSR count). The Kier molecular flexibility index (Phi) is 4.29. The first-order chi connectivity index (χ1) is 11.5. The molecule has 0 saturated carbocycles. The molecule has 2 aromatic carbocycles. The van der Waals surface area contributed by atoms with E-state index in [1.807, 2.05) is 49.4 Å². The summed E-state index contributed by atoms with van der Waals surface area (Å²) in [6, 6.07) is 14.9. The number of carbonyl (C=O) groups excluding carboxylic acids is 2. The lowest BCUT2D eigenvalue weighted by Crippen LogP contribution is -2.35. The number of nitrogens with zero attached hydrogens (tertiary/aromatic N) is 2. The number of amidine groups is 1. The van der Waals surface area contributed by atoms with Crippen molar-refractivity contribution in [2.75, 3.05) is 10.3 Å². The van der Waals surface area contributed by atoms with Gasteiger partial charge in [0.25, 0.3) is 5.91 Å². The minimum Gasteiger partial charge on any atom is -0.326 e. The number of carbonyl (C=O) groups is 2. The molecule has 6 heteroatoms. The number of amides is 2. The van der Waals surface area contributed by atoms with Crippen LogP contribution in [0.4, 0.5) is 17.1 Å². The Morgan fingerprint density at radius 3 is 2.67 bits per heavy atom. The number of rotatable bonds is 3. The van der Waals surface area contributed by atoms with Crippen LogP contribution < -0.4 is 15.8 Å². The van der Waals surface area contributed by atoms with Crippen molar-refractivity contribution < 1.29 is 9.59 Å². The van der Waals surface area contributed by atoms with Gasteiger partial charge in [-0.15, -0.1) is 0 Å². The summed E-state index contributed by atoms with van der Waals surface area (Å²) >= 11 is 0. The first kappa shape index (κ1) is 15.7. The average Bonchev–Trinajstić information content (AvgIpc) is 2.91. The van der Waals surface area contributed by atoms with E-state index in [0.29, 0.717) is 17.2 Å². The maximum Gasteiger partial charge on any atom is 0.253 e. The van der Waals surface area contributed by atoms with Gasteiger partial charge in [-0.25, -0.2) is 10.0 Å². The maximum absolute atomic E-state index is 12.2. The quantitative estimate of drug-likeness (QED) is 0.912. The summed E-state index contributed by atoms with van der Waals surface area (Å²) in [7, 11) is 0. The van der Waals surface area contributed by atoms with Crippen molar-refractivity contribution in [2.24, 2.45) is 4.99 Å². The smallest absolute Gasteiger partial charge is 0.253 e. The van der Waals surface area contributed by atoms with Crippen LogP contribution in [0, 0.1) is 6.92 Å². The third kappa shape index (κ3) is 3.43. The van der Waals surface area contributed by atoms with Gasteiger partial charge in [-0.2, -0.15) is 0 Å². The van der Waals surface area contributed by atoms with Crippen molar-refractivity contribution in [2.45, 2.75) is 20.3 Å². The van der Waals surface area contributed by atoms with Gasteiger partial charge in [0, 0.05) is 12.6 Å². The summed E-state index contributed by atoms with van der Waals surface area (Å²) in [6.07, 6.45) is 0.207. The van der Waals surface area contributed by atoms with E-state index in [1.165, 1.54) is 11.9 Å². The highest BCUT2D eigenvalue weighted by molar-refractivity contribution is 6.14. The molecule has 1 heterocycles. The third-order valence-corrected chi connectivity index (χ3v) is 3.61. The van der Waals surface area contributed by atoms with Crippen LogP contribution in [0.3, 0.4) is 0 Å². The van der Waals surface area contributed by atoms with E-state index in [2.05, 4.69) is 15.7 Å². The van der Waals surface area contributed by atoms with Crippen LogP contribution >= 0.6 is 0 Å². The lowest BCUT2D eigenvalue weighted by molar-refractivity contribution is -0.117. The highest BCUT2D eigenvalue weighted by Crippen LogP contribution is 2.25. The Bertz CT molecular complexity index is 815. The monoisotopic (exact) mass is 322 g/mol. The molecule has 122 valence electrons. The second kappa shape index (κ2) is 6.54. The number of hydrogen-bond donors (Lipinski definition) is 2. The number of aryl methyl sites for hydroxylation is 1. The van der Waals surface area contributed by atoms with Crippen LogP contribution in [0.1, 0.15) is 18.9 Å². The molecule has 0 aliphatic carbocycles. The molecular weight excluding hydrogens is 304 g/mol. The van der Waals surface area contributed by atoms with Gasteiger partial charge < -0.3 is 5.32 Å². The second-order valence-electron chi connectivity index (χ2n) is 5.59. The topological polar surface area (TPSA) is 73.8 Å². The van der Waals surface area contributed by atoms with E-state index >= 15 is 0 Å². The molecule has 0 aromatic heterocycles. The van der Waals surface area contributed by atoms with Crippen LogP contribution in [0.2, 0.25) is 0 Å². The molecule has 0 unspecified atom stereocenters. The summed E-state index contributed by atoms with van der Waals surface area (Å²) in [6.45, 7) is 3.39. The largest absolute Gasteiger partial charge is 0.326 e. The summed E-state index contributed by atoms with van der Waals surface area (Å²) < 4.78 is 0. The molecule has 1 fully saturated rings.